The van der Waals surface area contributed by atoms with Crippen LogP contribution in [0, 0.1) is 0 Å². The molecular formula is C20H19N3O2S. The zero-order chi connectivity index (χ0) is 18.5. The van der Waals surface area contributed by atoms with Gasteiger partial charge in [-0.1, -0.05) is 24.3 Å². The van der Waals surface area contributed by atoms with Gasteiger partial charge in [-0.3, -0.25) is 9.59 Å². The molecule has 0 saturated carbocycles. The van der Waals surface area contributed by atoms with Crippen molar-refractivity contribution in [3.05, 3.63) is 65.2 Å². The lowest BCUT2D eigenvalue weighted by Crippen LogP contribution is -2.23. The first-order valence-corrected chi connectivity index (χ1v) is 8.98. The number of para-hydroxylation sites is 1. The Balaban J connectivity index is 1.61. The van der Waals surface area contributed by atoms with E-state index in [-0.39, 0.29) is 11.8 Å². The van der Waals surface area contributed by atoms with Crippen molar-refractivity contribution in [1.29, 1.82) is 0 Å². The number of amides is 2. The Morgan fingerprint density at radius 3 is 2.58 bits per heavy atom. The quantitative estimate of drug-likeness (QED) is 0.697. The molecule has 0 bridgehead atoms. The van der Waals surface area contributed by atoms with Crippen LogP contribution in [0.25, 0.3) is 16.3 Å². The van der Waals surface area contributed by atoms with Gasteiger partial charge in [-0.15, -0.1) is 11.3 Å². The maximum absolute atomic E-state index is 12.3. The van der Waals surface area contributed by atoms with Crippen LogP contribution < -0.4 is 5.32 Å². The van der Waals surface area contributed by atoms with Crippen molar-refractivity contribution in [2.75, 3.05) is 12.4 Å². The first-order valence-electron chi connectivity index (χ1n) is 8.16. The predicted octanol–water partition coefficient (Wildman–Crippen LogP) is 3.93. The van der Waals surface area contributed by atoms with Crippen LogP contribution in [-0.4, -0.2) is 28.7 Å². The Bertz CT molecular complexity index is 928. The summed E-state index contributed by atoms with van der Waals surface area (Å²) in [6.45, 7) is 1.94. The number of carbonyl (C=O) groups excluding carboxylic acids is 2. The molecule has 6 heteroatoms. The highest BCUT2D eigenvalue weighted by Gasteiger charge is 2.09. The largest absolute Gasteiger partial charge is 0.335 e. The van der Waals surface area contributed by atoms with Crippen molar-refractivity contribution < 1.29 is 9.59 Å². The van der Waals surface area contributed by atoms with Crippen molar-refractivity contribution in [2.24, 2.45) is 0 Å². The molecule has 26 heavy (non-hydrogen) atoms. The van der Waals surface area contributed by atoms with Gasteiger partial charge in [0.2, 0.25) is 11.8 Å². The molecule has 0 saturated heterocycles. The summed E-state index contributed by atoms with van der Waals surface area (Å²) in [5.74, 6) is -0.199. The van der Waals surface area contributed by atoms with E-state index in [2.05, 4.69) is 10.3 Å². The van der Waals surface area contributed by atoms with E-state index >= 15 is 0 Å². The highest BCUT2D eigenvalue weighted by molar-refractivity contribution is 7.18. The summed E-state index contributed by atoms with van der Waals surface area (Å²) >= 11 is 1.60. The van der Waals surface area contributed by atoms with Gasteiger partial charge in [0.25, 0.3) is 0 Å². The zero-order valence-electron chi connectivity index (χ0n) is 14.6. The van der Waals surface area contributed by atoms with Crippen LogP contribution in [0.4, 0.5) is 5.69 Å². The summed E-state index contributed by atoms with van der Waals surface area (Å²) in [4.78, 5) is 29.5. The van der Waals surface area contributed by atoms with Gasteiger partial charge in [0.05, 0.1) is 16.8 Å². The fourth-order valence-corrected chi connectivity index (χ4v) is 3.46. The van der Waals surface area contributed by atoms with Crippen molar-refractivity contribution in [3.8, 4) is 0 Å². The van der Waals surface area contributed by atoms with Gasteiger partial charge in [0.15, 0.2) is 0 Å². The third kappa shape index (κ3) is 4.55. The molecule has 0 aliphatic carbocycles. The van der Waals surface area contributed by atoms with Gasteiger partial charge in [-0.25, -0.2) is 4.98 Å². The lowest BCUT2D eigenvalue weighted by Gasteiger charge is -2.12. The number of aromatic nitrogens is 1. The molecular weight excluding hydrogens is 346 g/mol. The highest BCUT2D eigenvalue weighted by Crippen LogP contribution is 2.22. The fraction of sp³-hybridized carbons (Fsp3) is 0.150. The number of benzene rings is 2. The molecule has 5 nitrogen and oxygen atoms in total. The van der Waals surface area contributed by atoms with E-state index in [4.69, 9.17) is 0 Å². The topological polar surface area (TPSA) is 62.3 Å². The molecule has 0 atom stereocenters. The van der Waals surface area contributed by atoms with Gasteiger partial charge in [0.1, 0.15) is 5.01 Å². The lowest BCUT2D eigenvalue weighted by atomic mass is 10.2. The summed E-state index contributed by atoms with van der Waals surface area (Å²) in [6, 6.07) is 15.3. The lowest BCUT2D eigenvalue weighted by molar-refractivity contribution is -0.125. The summed E-state index contributed by atoms with van der Waals surface area (Å²) in [5, 5.41) is 3.62. The van der Waals surface area contributed by atoms with Crippen LogP contribution in [0.1, 0.15) is 17.5 Å². The number of hydrogen-bond acceptors (Lipinski definition) is 4. The molecule has 1 heterocycles. The zero-order valence-corrected chi connectivity index (χ0v) is 15.4. The number of hydrogen-bond donors (Lipinski definition) is 1. The van der Waals surface area contributed by atoms with E-state index in [0.717, 1.165) is 26.5 Å². The second-order valence-electron chi connectivity index (χ2n) is 5.91. The smallest absolute Gasteiger partial charge is 0.246 e. The minimum absolute atomic E-state index is 0.0878. The molecule has 3 rings (SSSR count). The summed E-state index contributed by atoms with van der Waals surface area (Å²) in [5.41, 5.74) is 2.58. The molecule has 0 aliphatic heterocycles. The number of nitrogens with one attached hydrogen (secondary N) is 1. The monoisotopic (exact) mass is 365 g/mol. The number of rotatable bonds is 5. The SMILES string of the molecule is CC(=O)Nc1ccc(/C=C/C(=O)N(C)Cc2nc3ccccc3s2)cc1. The van der Waals surface area contributed by atoms with Crippen LogP contribution in [-0.2, 0) is 16.1 Å². The molecule has 0 aliphatic rings. The Morgan fingerprint density at radius 2 is 1.88 bits per heavy atom. The number of thiazole rings is 1. The Morgan fingerprint density at radius 1 is 1.15 bits per heavy atom. The Kier molecular flexibility index (Phi) is 5.43. The second kappa shape index (κ2) is 7.93. The molecule has 1 N–H and O–H groups in total. The van der Waals surface area contributed by atoms with Gasteiger partial charge < -0.3 is 10.2 Å². The molecule has 1 aromatic heterocycles. The minimum atomic E-state index is -0.111. The van der Waals surface area contributed by atoms with Crippen molar-refractivity contribution in [3.63, 3.8) is 0 Å². The van der Waals surface area contributed by atoms with E-state index in [1.807, 2.05) is 36.4 Å². The molecule has 0 fully saturated rings. The van der Waals surface area contributed by atoms with E-state index in [1.165, 1.54) is 6.92 Å². The average Bonchev–Trinajstić information content (AvgIpc) is 3.02. The number of anilines is 1. The third-order valence-corrected chi connectivity index (χ3v) is 4.76. The number of likely N-dealkylation sites (N-methyl/N-ethyl adjacent to an activating group) is 1. The summed E-state index contributed by atoms with van der Waals surface area (Å²) < 4.78 is 1.12. The van der Waals surface area contributed by atoms with Crippen LogP contribution in [0.15, 0.2) is 54.6 Å². The van der Waals surface area contributed by atoms with Gasteiger partial charge in [-0.2, -0.15) is 0 Å². The molecule has 0 spiro atoms. The number of fused-ring (bicyclic) bond motifs is 1. The fourth-order valence-electron chi connectivity index (χ4n) is 2.44. The molecule has 3 aromatic rings. The second-order valence-corrected chi connectivity index (χ2v) is 7.02. The first-order chi connectivity index (χ1) is 12.5. The van der Waals surface area contributed by atoms with Crippen molar-refractivity contribution in [1.82, 2.24) is 9.88 Å². The third-order valence-electron chi connectivity index (χ3n) is 3.74. The van der Waals surface area contributed by atoms with Crippen LogP contribution >= 0.6 is 11.3 Å². The van der Waals surface area contributed by atoms with E-state index in [1.54, 1.807) is 47.6 Å². The molecule has 0 radical (unpaired) electrons. The molecule has 132 valence electrons. The molecule has 0 unspecified atom stereocenters. The van der Waals surface area contributed by atoms with Crippen molar-refractivity contribution in [2.45, 2.75) is 13.5 Å². The Hall–Kier alpha value is -2.99. The van der Waals surface area contributed by atoms with Crippen LogP contribution in [0.5, 0.6) is 0 Å². The van der Waals surface area contributed by atoms with E-state index < -0.39 is 0 Å². The van der Waals surface area contributed by atoms with E-state index in [0.29, 0.717) is 6.54 Å². The van der Waals surface area contributed by atoms with Gasteiger partial charge in [0, 0.05) is 25.7 Å². The summed E-state index contributed by atoms with van der Waals surface area (Å²) in [7, 11) is 1.76. The van der Waals surface area contributed by atoms with Gasteiger partial charge >= 0.3 is 0 Å². The predicted molar refractivity (Wildman–Crippen MR) is 106 cm³/mol. The Labute approximate surface area is 156 Å². The van der Waals surface area contributed by atoms with Crippen LogP contribution in [0.2, 0.25) is 0 Å². The number of nitrogens with zero attached hydrogens (tertiary/aromatic N) is 2. The van der Waals surface area contributed by atoms with Crippen LogP contribution in [0.3, 0.4) is 0 Å². The molecule has 2 amide bonds. The standard InChI is InChI=1S/C20H19N3O2S/c1-14(24)21-16-10-7-15(8-11-16)9-12-20(25)23(2)13-19-22-17-5-3-4-6-18(17)26-19/h3-12H,13H2,1-2H3,(H,21,24)/b12-9+. The van der Waals surface area contributed by atoms with Gasteiger partial charge in [-0.05, 0) is 35.9 Å². The maximum Gasteiger partial charge on any atom is 0.246 e. The minimum Gasteiger partial charge on any atom is -0.335 e. The number of carbonyl (C=O) groups is 2. The normalized spacial score (nSPS) is 11.0. The highest BCUT2D eigenvalue weighted by atomic mass is 32.1. The first kappa shape index (κ1) is 17.8. The average molecular weight is 365 g/mol. The maximum atomic E-state index is 12.3. The van der Waals surface area contributed by atoms with E-state index in [9.17, 15) is 9.59 Å². The van der Waals surface area contributed by atoms with Crippen molar-refractivity contribution >= 4 is 45.1 Å². The summed E-state index contributed by atoms with van der Waals surface area (Å²) in [6.07, 6.45) is 3.30. The molecule has 2 aromatic carbocycles.